The van der Waals surface area contributed by atoms with Crippen LogP contribution in [0.25, 0.3) is 0 Å². The summed E-state index contributed by atoms with van der Waals surface area (Å²) in [5.41, 5.74) is 3.68. The summed E-state index contributed by atoms with van der Waals surface area (Å²) in [6.07, 6.45) is 12.2. The van der Waals surface area contributed by atoms with Gasteiger partial charge in [-0.1, -0.05) is 19.3 Å². The quantitative estimate of drug-likeness (QED) is 0.692. The Kier molecular flexibility index (Phi) is 5.55. The van der Waals surface area contributed by atoms with Crippen molar-refractivity contribution in [3.8, 4) is 0 Å². The number of likely N-dealkylation sites (tertiary alicyclic amines) is 1. The molecule has 5 rings (SSSR count). The Morgan fingerprint density at radius 3 is 2.47 bits per heavy atom. The lowest BCUT2D eigenvalue weighted by atomic mass is 9.68. The van der Waals surface area contributed by atoms with Crippen molar-refractivity contribution < 1.29 is 4.79 Å². The Morgan fingerprint density at radius 2 is 1.73 bits per heavy atom. The Morgan fingerprint density at radius 1 is 0.933 bits per heavy atom. The zero-order valence-electron chi connectivity index (χ0n) is 19.0. The molecule has 0 N–H and O–H groups in total. The number of amides is 1. The van der Waals surface area contributed by atoms with Crippen LogP contribution in [0, 0.1) is 12.3 Å². The molecule has 4 nitrogen and oxygen atoms in total. The van der Waals surface area contributed by atoms with Crippen LogP contribution in [0.2, 0.25) is 0 Å². The number of rotatable bonds is 3. The van der Waals surface area contributed by atoms with Gasteiger partial charge in [0, 0.05) is 48.5 Å². The summed E-state index contributed by atoms with van der Waals surface area (Å²) in [7, 11) is 0. The Balaban J connectivity index is 1.31. The molecule has 0 radical (unpaired) electrons. The number of hydrogen-bond donors (Lipinski definition) is 0. The van der Waals surface area contributed by atoms with Gasteiger partial charge in [-0.25, -0.2) is 0 Å². The van der Waals surface area contributed by atoms with E-state index in [1.807, 2.05) is 0 Å². The zero-order valence-corrected chi connectivity index (χ0v) is 19.0. The molecule has 4 heteroatoms. The molecule has 2 atom stereocenters. The largest absolute Gasteiger partial charge is 0.370 e. The summed E-state index contributed by atoms with van der Waals surface area (Å²) in [6, 6.07) is 8.29. The van der Waals surface area contributed by atoms with Gasteiger partial charge in [-0.05, 0) is 89.1 Å². The van der Waals surface area contributed by atoms with Crippen LogP contribution < -0.4 is 9.80 Å². The highest BCUT2D eigenvalue weighted by molar-refractivity contribution is 5.99. The first-order valence-corrected chi connectivity index (χ1v) is 12.5. The zero-order chi connectivity index (χ0) is 20.7. The van der Waals surface area contributed by atoms with Crippen molar-refractivity contribution in [2.45, 2.75) is 90.1 Å². The number of nitrogens with zero attached hydrogens (tertiary/aromatic N) is 3. The fourth-order valence-corrected chi connectivity index (χ4v) is 6.88. The third-order valence-corrected chi connectivity index (χ3v) is 8.62. The predicted molar refractivity (Wildman–Crippen MR) is 124 cm³/mol. The molecule has 0 bridgehead atoms. The van der Waals surface area contributed by atoms with Crippen LogP contribution in [0.5, 0.6) is 0 Å². The minimum Gasteiger partial charge on any atom is -0.370 e. The number of benzene rings is 1. The normalized spacial score (nSPS) is 29.9. The number of piperidine rings is 1. The van der Waals surface area contributed by atoms with E-state index in [1.54, 1.807) is 0 Å². The molecular formula is C26H39N3O. The maximum absolute atomic E-state index is 13.5. The van der Waals surface area contributed by atoms with Crippen molar-refractivity contribution in [2.75, 3.05) is 36.0 Å². The van der Waals surface area contributed by atoms with Gasteiger partial charge in [0.1, 0.15) is 0 Å². The maximum atomic E-state index is 13.5. The SMILES string of the molecule is Cc1cc(N2CC[C@H](N3CCC[C@@H]3C)C2)ccc1N1CCCC2(CCCCC2)C1=O. The molecule has 3 heterocycles. The fraction of sp³-hybridized carbons (Fsp3) is 0.731. The summed E-state index contributed by atoms with van der Waals surface area (Å²) in [4.78, 5) is 21.0. The summed E-state index contributed by atoms with van der Waals surface area (Å²) in [5.74, 6) is 0.411. The summed E-state index contributed by atoms with van der Waals surface area (Å²) < 4.78 is 0. The van der Waals surface area contributed by atoms with Gasteiger partial charge in [-0.3, -0.25) is 9.69 Å². The number of carbonyl (C=O) groups excluding carboxylic acids is 1. The molecule has 1 saturated carbocycles. The molecule has 1 aromatic rings. The molecule has 0 aromatic heterocycles. The van der Waals surface area contributed by atoms with Crippen molar-refractivity contribution in [3.63, 3.8) is 0 Å². The summed E-state index contributed by atoms with van der Waals surface area (Å²) >= 11 is 0. The lowest BCUT2D eigenvalue weighted by Gasteiger charge is -2.44. The van der Waals surface area contributed by atoms with Crippen LogP contribution in [0.15, 0.2) is 18.2 Å². The van der Waals surface area contributed by atoms with E-state index in [0.29, 0.717) is 11.9 Å². The monoisotopic (exact) mass is 409 g/mol. The topological polar surface area (TPSA) is 26.8 Å². The van der Waals surface area contributed by atoms with Crippen LogP contribution in [-0.2, 0) is 4.79 Å². The van der Waals surface area contributed by atoms with E-state index in [4.69, 9.17) is 0 Å². The van der Waals surface area contributed by atoms with Gasteiger partial charge >= 0.3 is 0 Å². The molecule has 164 valence electrons. The summed E-state index contributed by atoms with van der Waals surface area (Å²) in [6.45, 7) is 9.05. The molecule has 0 unspecified atom stereocenters. The van der Waals surface area contributed by atoms with E-state index in [0.717, 1.165) is 57.0 Å². The maximum Gasteiger partial charge on any atom is 0.233 e. The van der Waals surface area contributed by atoms with Gasteiger partial charge in [0.2, 0.25) is 5.91 Å². The second-order valence-electron chi connectivity index (χ2n) is 10.5. The van der Waals surface area contributed by atoms with Gasteiger partial charge in [0.25, 0.3) is 0 Å². The second kappa shape index (κ2) is 8.18. The van der Waals surface area contributed by atoms with E-state index in [2.05, 4.69) is 46.7 Å². The molecule has 4 aliphatic rings. The molecule has 1 amide bonds. The van der Waals surface area contributed by atoms with Crippen LogP contribution >= 0.6 is 0 Å². The predicted octanol–water partition coefficient (Wildman–Crippen LogP) is 5.14. The Labute approximate surface area is 182 Å². The number of aryl methyl sites for hydroxylation is 1. The lowest BCUT2D eigenvalue weighted by Crippen LogP contribution is -2.50. The molecule has 3 saturated heterocycles. The highest BCUT2D eigenvalue weighted by atomic mass is 16.2. The third kappa shape index (κ3) is 3.55. The van der Waals surface area contributed by atoms with E-state index in [1.165, 1.54) is 56.3 Å². The van der Waals surface area contributed by atoms with Crippen LogP contribution in [0.4, 0.5) is 11.4 Å². The number of hydrogen-bond acceptors (Lipinski definition) is 3. The first-order chi connectivity index (χ1) is 14.6. The lowest BCUT2D eigenvalue weighted by molar-refractivity contribution is -0.132. The van der Waals surface area contributed by atoms with Crippen LogP contribution in [0.1, 0.15) is 76.7 Å². The first kappa shape index (κ1) is 20.4. The van der Waals surface area contributed by atoms with E-state index >= 15 is 0 Å². The highest BCUT2D eigenvalue weighted by Crippen LogP contribution is 2.45. The molecule has 4 fully saturated rings. The van der Waals surface area contributed by atoms with Gasteiger partial charge in [0.05, 0.1) is 0 Å². The molecular weight excluding hydrogens is 370 g/mol. The van der Waals surface area contributed by atoms with Crippen molar-refractivity contribution in [2.24, 2.45) is 5.41 Å². The van der Waals surface area contributed by atoms with E-state index < -0.39 is 0 Å². The second-order valence-corrected chi connectivity index (χ2v) is 10.5. The van der Waals surface area contributed by atoms with Crippen molar-refractivity contribution >= 4 is 17.3 Å². The number of anilines is 2. The number of carbonyl (C=O) groups is 1. The van der Waals surface area contributed by atoms with Crippen LogP contribution in [0.3, 0.4) is 0 Å². The first-order valence-electron chi connectivity index (χ1n) is 12.5. The van der Waals surface area contributed by atoms with Gasteiger partial charge in [-0.2, -0.15) is 0 Å². The minimum atomic E-state index is -0.0593. The van der Waals surface area contributed by atoms with Gasteiger partial charge < -0.3 is 9.80 Å². The van der Waals surface area contributed by atoms with E-state index in [9.17, 15) is 4.79 Å². The van der Waals surface area contributed by atoms with Crippen LogP contribution in [-0.4, -0.2) is 49.1 Å². The molecule has 1 aliphatic carbocycles. The average Bonchev–Trinajstić information content (AvgIpc) is 3.40. The minimum absolute atomic E-state index is 0.0593. The summed E-state index contributed by atoms with van der Waals surface area (Å²) in [5, 5.41) is 0. The van der Waals surface area contributed by atoms with Crippen molar-refractivity contribution in [3.05, 3.63) is 23.8 Å². The van der Waals surface area contributed by atoms with Gasteiger partial charge in [-0.15, -0.1) is 0 Å². The fourth-order valence-electron chi connectivity index (χ4n) is 6.88. The molecule has 30 heavy (non-hydrogen) atoms. The Hall–Kier alpha value is -1.55. The highest BCUT2D eigenvalue weighted by Gasteiger charge is 2.44. The Bertz CT molecular complexity index is 779. The van der Waals surface area contributed by atoms with Crippen molar-refractivity contribution in [1.29, 1.82) is 0 Å². The molecule has 1 aromatic carbocycles. The smallest absolute Gasteiger partial charge is 0.233 e. The average molecular weight is 410 g/mol. The molecule has 3 aliphatic heterocycles. The standard InChI is InChI=1S/C26H39N3O/c1-20-18-22(27-17-11-23(19-27)28-15-6-8-21(28)2)9-10-24(20)29-16-7-14-26(25(29)30)12-4-3-5-13-26/h9-10,18,21,23H,3-8,11-17,19H2,1-2H3/t21-,23-/m0/s1. The third-order valence-electron chi connectivity index (χ3n) is 8.62. The molecule has 1 spiro atoms. The van der Waals surface area contributed by atoms with E-state index in [-0.39, 0.29) is 5.41 Å². The van der Waals surface area contributed by atoms with Gasteiger partial charge in [0.15, 0.2) is 0 Å². The van der Waals surface area contributed by atoms with Crippen molar-refractivity contribution in [1.82, 2.24) is 4.90 Å².